The number of nitrogens with zero attached hydrogens (tertiary/aromatic N) is 3. The fourth-order valence-corrected chi connectivity index (χ4v) is 9.19. The number of fused-ring (bicyclic) bond motifs is 7. The van der Waals surface area contributed by atoms with Gasteiger partial charge in [-0.1, -0.05) is 60.3 Å². The van der Waals surface area contributed by atoms with Gasteiger partial charge in [-0.25, -0.2) is 4.39 Å². The third-order valence-corrected chi connectivity index (χ3v) is 14.0. The molecule has 0 bridgehead atoms. The number of aryl methyl sites for hydroxylation is 1. The molecule has 10 rings (SSSR count). The van der Waals surface area contributed by atoms with E-state index in [4.69, 9.17) is 13.8 Å². The molecule has 6 aromatic carbocycles. The van der Waals surface area contributed by atoms with Crippen LogP contribution in [0.25, 0.3) is 83.2 Å². The van der Waals surface area contributed by atoms with E-state index in [0.717, 1.165) is 66.3 Å². The van der Waals surface area contributed by atoms with Gasteiger partial charge in [-0.15, -0.1) is 17.7 Å². The number of imidazole rings is 1. The van der Waals surface area contributed by atoms with E-state index in [1.807, 2.05) is 98.0 Å². The van der Waals surface area contributed by atoms with Gasteiger partial charge in [-0.05, 0) is 36.4 Å². The SMILES string of the molecule is Cc1c[c-]c(-c2nc3ccccc3n2-c2cccc3c2oc2ccccc23)c2oc3cc(F)ccc3c12.[CH3][Ge]([CH3])([CH3])[c]1ccc(-c2[c-]cccc2)nc1.[Ir]. The number of rotatable bonds is 4. The number of halogens is 1. The second-order valence-corrected chi connectivity index (χ2v) is 24.9. The maximum atomic E-state index is 14.1. The average Bonchev–Trinajstić information content (AvgIpc) is 3.87. The minimum absolute atomic E-state index is 0. The molecule has 4 heterocycles. The van der Waals surface area contributed by atoms with Crippen LogP contribution in [0.5, 0.6) is 0 Å². The van der Waals surface area contributed by atoms with E-state index < -0.39 is 13.3 Å². The van der Waals surface area contributed by atoms with E-state index in [9.17, 15) is 4.39 Å². The topological polar surface area (TPSA) is 57.0 Å². The Morgan fingerprint density at radius 2 is 1.50 bits per heavy atom. The zero-order chi connectivity index (χ0) is 36.3. The molecule has 0 saturated carbocycles. The van der Waals surface area contributed by atoms with E-state index >= 15 is 0 Å². The molecule has 0 aliphatic rings. The predicted octanol–water partition coefficient (Wildman–Crippen LogP) is 11.8. The number of furan rings is 2. The van der Waals surface area contributed by atoms with Gasteiger partial charge < -0.3 is 13.4 Å². The minimum atomic E-state index is -1.72. The molecule has 10 aromatic rings. The molecule has 0 aliphatic carbocycles. The van der Waals surface area contributed by atoms with Gasteiger partial charge in [0.2, 0.25) is 0 Å². The number of hydrogen-bond acceptors (Lipinski definition) is 4. The van der Waals surface area contributed by atoms with E-state index in [-0.39, 0.29) is 25.9 Å². The van der Waals surface area contributed by atoms with Crippen molar-refractivity contribution >= 4 is 72.6 Å². The van der Waals surface area contributed by atoms with Crippen molar-refractivity contribution in [3.05, 3.63) is 157 Å². The fraction of sp³-hybridized carbons (Fsp3) is 0.0870. The van der Waals surface area contributed by atoms with Crippen LogP contribution in [0.4, 0.5) is 4.39 Å². The first-order chi connectivity index (χ1) is 25.7. The van der Waals surface area contributed by atoms with E-state index in [2.05, 4.69) is 63.2 Å². The number of hydrogen-bond donors (Lipinski definition) is 0. The summed E-state index contributed by atoms with van der Waals surface area (Å²) in [5.41, 5.74) is 9.20. The van der Waals surface area contributed by atoms with Crippen LogP contribution in [0, 0.1) is 24.9 Å². The van der Waals surface area contributed by atoms with Crippen LogP contribution in [-0.2, 0) is 20.1 Å². The van der Waals surface area contributed by atoms with Crippen LogP contribution in [0.1, 0.15) is 5.56 Å². The van der Waals surface area contributed by atoms with Gasteiger partial charge in [0.1, 0.15) is 17.0 Å². The Bertz CT molecular complexity index is 2960. The molecule has 0 unspecified atom stereocenters. The Kier molecular flexibility index (Phi) is 9.34. The van der Waals surface area contributed by atoms with Crippen LogP contribution in [0.2, 0.25) is 17.3 Å². The summed E-state index contributed by atoms with van der Waals surface area (Å²) < 4.78 is 30.3. The molecule has 54 heavy (non-hydrogen) atoms. The number of pyridine rings is 1. The van der Waals surface area contributed by atoms with Gasteiger partial charge >= 0.3 is 99.8 Å². The maximum Gasteiger partial charge on any atom is 0 e. The molecule has 1 radical (unpaired) electrons. The molecule has 8 heteroatoms. The molecule has 0 amide bonds. The van der Waals surface area contributed by atoms with Gasteiger partial charge in [-0.3, -0.25) is 4.98 Å². The number of para-hydroxylation sites is 4. The smallest absolute Gasteiger partial charge is 0 e. The Hall–Kier alpha value is -5.34. The Morgan fingerprint density at radius 1 is 0.722 bits per heavy atom. The molecule has 0 spiro atoms. The Morgan fingerprint density at radius 3 is 2.30 bits per heavy atom. The molecular weight excluding hydrogens is 910 g/mol. The van der Waals surface area contributed by atoms with Crippen LogP contribution < -0.4 is 4.40 Å². The molecule has 0 N–H and O–H groups in total. The summed E-state index contributed by atoms with van der Waals surface area (Å²) >= 11 is -1.72. The van der Waals surface area contributed by atoms with Crippen LogP contribution in [0.15, 0.2) is 142 Å². The first kappa shape index (κ1) is 35.7. The summed E-state index contributed by atoms with van der Waals surface area (Å²) in [6.07, 6.45) is 2.04. The van der Waals surface area contributed by atoms with Crippen LogP contribution >= 0.6 is 0 Å². The number of aromatic nitrogens is 3. The third-order valence-electron chi connectivity index (χ3n) is 9.73. The molecule has 4 aromatic heterocycles. The summed E-state index contributed by atoms with van der Waals surface area (Å²) in [6, 6.07) is 47.7. The van der Waals surface area contributed by atoms with E-state index in [1.165, 1.54) is 16.5 Å². The van der Waals surface area contributed by atoms with Crippen molar-refractivity contribution in [2.75, 3.05) is 0 Å². The third kappa shape index (κ3) is 6.26. The zero-order valence-corrected chi connectivity index (χ0v) is 34.6. The largest absolute Gasteiger partial charge is 0 e. The average molecular weight is 945 g/mol. The summed E-state index contributed by atoms with van der Waals surface area (Å²) in [6.45, 7) is 2.01. The monoisotopic (exact) mass is 946 g/mol. The first-order valence-corrected chi connectivity index (χ1v) is 24.9. The molecule has 0 atom stereocenters. The molecule has 0 fully saturated rings. The van der Waals surface area contributed by atoms with Crippen molar-refractivity contribution < 1.29 is 33.3 Å². The van der Waals surface area contributed by atoms with Gasteiger partial charge in [0, 0.05) is 42.3 Å². The van der Waals surface area contributed by atoms with Crippen molar-refractivity contribution in [1.29, 1.82) is 0 Å². The van der Waals surface area contributed by atoms with Crippen LogP contribution in [-0.4, -0.2) is 27.8 Å². The molecular formula is C46H34FGeIrN3O2-2. The summed E-state index contributed by atoms with van der Waals surface area (Å²) in [4.78, 5) is 9.57. The summed E-state index contributed by atoms with van der Waals surface area (Å²) in [5.74, 6) is 7.49. The molecule has 0 saturated heterocycles. The fourth-order valence-electron chi connectivity index (χ4n) is 7.02. The first-order valence-electron chi connectivity index (χ1n) is 17.6. The van der Waals surface area contributed by atoms with Gasteiger partial charge in [0.15, 0.2) is 5.58 Å². The van der Waals surface area contributed by atoms with E-state index in [1.54, 1.807) is 6.07 Å². The molecule has 267 valence electrons. The van der Waals surface area contributed by atoms with Gasteiger partial charge in [0.05, 0.1) is 28.1 Å². The summed E-state index contributed by atoms with van der Waals surface area (Å²) in [7, 11) is 0. The number of benzene rings is 6. The molecule has 0 aliphatic heterocycles. The van der Waals surface area contributed by atoms with Crippen molar-refractivity contribution in [3.8, 4) is 28.3 Å². The normalized spacial score (nSPS) is 11.6. The Balaban J connectivity index is 0.000000206. The second-order valence-electron chi connectivity index (χ2n) is 14.3. The standard InChI is InChI=1S/C32H18FN2O2.C14H16GeN.Ir/c1-18-13-15-23(31-29(18)22-16-14-19(33)17-28(22)37-31)32-34-24-9-3-4-10-25(24)35(32)26-11-6-8-21-20-7-2-5-12-27(20)36-30(21)26;1-15(2,3)13-9-10-14(16-11-13)12-7-5-4-6-8-12;/h2-14,16-17H,1H3;4-7,9-11H,1-3H3;/q2*-1;. The van der Waals surface area contributed by atoms with Gasteiger partial charge in [0.25, 0.3) is 0 Å². The maximum absolute atomic E-state index is 14.1. The van der Waals surface area contributed by atoms with E-state index in [0.29, 0.717) is 22.6 Å². The van der Waals surface area contributed by atoms with Crippen molar-refractivity contribution in [2.24, 2.45) is 0 Å². The Labute approximate surface area is 328 Å². The minimum Gasteiger partial charge on any atom is 0 e. The van der Waals surface area contributed by atoms with Gasteiger partial charge in [-0.2, -0.15) is 0 Å². The quantitative estimate of drug-likeness (QED) is 0.130. The zero-order valence-electron chi connectivity index (χ0n) is 30.1. The van der Waals surface area contributed by atoms with Crippen LogP contribution in [0.3, 0.4) is 0 Å². The van der Waals surface area contributed by atoms with Crippen molar-refractivity contribution in [2.45, 2.75) is 24.2 Å². The van der Waals surface area contributed by atoms with Crippen molar-refractivity contribution in [3.63, 3.8) is 0 Å². The second kappa shape index (κ2) is 14.1. The molecule has 5 nitrogen and oxygen atoms in total. The van der Waals surface area contributed by atoms with Crippen molar-refractivity contribution in [1.82, 2.24) is 14.5 Å². The summed E-state index contributed by atoms with van der Waals surface area (Å²) in [5, 5.41) is 3.90. The predicted molar refractivity (Wildman–Crippen MR) is 216 cm³/mol.